The van der Waals surface area contributed by atoms with Gasteiger partial charge >= 0.3 is 0 Å². The predicted octanol–water partition coefficient (Wildman–Crippen LogP) is 2.93. The zero-order chi connectivity index (χ0) is 14.1. The van der Waals surface area contributed by atoms with Crippen molar-refractivity contribution in [2.24, 2.45) is 0 Å². The Kier molecular flexibility index (Phi) is 3.67. The van der Waals surface area contributed by atoms with Crippen molar-refractivity contribution in [1.29, 1.82) is 0 Å². The van der Waals surface area contributed by atoms with Crippen LogP contribution in [0.1, 0.15) is 23.4 Å². The van der Waals surface area contributed by atoms with Gasteiger partial charge in [0.25, 0.3) is 0 Å². The highest BCUT2D eigenvalue weighted by atomic mass is 35.5. The van der Waals surface area contributed by atoms with Gasteiger partial charge in [0.1, 0.15) is 11.0 Å². The van der Waals surface area contributed by atoms with E-state index in [0.29, 0.717) is 16.1 Å². The van der Waals surface area contributed by atoms with Crippen molar-refractivity contribution in [3.05, 3.63) is 34.7 Å². The molecule has 0 aromatic carbocycles. The highest BCUT2D eigenvalue weighted by molar-refractivity contribution is 7.99. The normalized spacial score (nSPS) is 14.7. The van der Waals surface area contributed by atoms with Crippen molar-refractivity contribution >= 4 is 34.9 Å². The maximum atomic E-state index is 5.89. The van der Waals surface area contributed by atoms with Crippen LogP contribution in [0.2, 0.25) is 5.15 Å². The molecule has 2 aromatic rings. The van der Waals surface area contributed by atoms with Crippen LogP contribution in [0.25, 0.3) is 0 Å². The Bertz CT molecular complexity index is 628. The van der Waals surface area contributed by atoms with E-state index in [2.05, 4.69) is 33.3 Å². The van der Waals surface area contributed by atoms with Crippen LogP contribution in [0.5, 0.6) is 0 Å². The van der Waals surface area contributed by atoms with E-state index < -0.39 is 0 Å². The van der Waals surface area contributed by atoms with E-state index in [4.69, 9.17) is 17.3 Å². The summed E-state index contributed by atoms with van der Waals surface area (Å²) >= 11 is 7.39. The number of hydrogen-bond donors (Lipinski definition) is 2. The van der Waals surface area contributed by atoms with Gasteiger partial charge in [-0.15, -0.1) is 0 Å². The summed E-state index contributed by atoms with van der Waals surface area (Å²) < 4.78 is 0. The predicted molar refractivity (Wildman–Crippen MR) is 82.2 cm³/mol. The minimum absolute atomic E-state index is 0.138. The molecule has 3 rings (SSSR count). The first-order valence-electron chi connectivity index (χ1n) is 6.31. The number of anilines is 2. The molecule has 0 saturated carbocycles. The number of nitrogens with one attached hydrogen (secondary N) is 1. The van der Waals surface area contributed by atoms with Crippen molar-refractivity contribution < 1.29 is 0 Å². The first-order valence-corrected chi connectivity index (χ1v) is 7.57. The molecular weight excluding hydrogens is 294 g/mol. The number of nitrogen functional groups attached to an aromatic ring is 1. The van der Waals surface area contributed by atoms with Gasteiger partial charge in [0, 0.05) is 12.6 Å². The van der Waals surface area contributed by atoms with Crippen LogP contribution < -0.4 is 11.1 Å². The van der Waals surface area contributed by atoms with E-state index in [1.165, 1.54) is 23.4 Å². The number of fused-ring (bicyclic) bond motifs is 1. The zero-order valence-electron chi connectivity index (χ0n) is 10.9. The zero-order valence-corrected chi connectivity index (χ0v) is 12.5. The van der Waals surface area contributed by atoms with E-state index in [9.17, 15) is 0 Å². The Balaban J connectivity index is 1.80. The summed E-state index contributed by atoms with van der Waals surface area (Å²) in [5.41, 5.74) is 9.14. The molecular formula is C13H14ClN5S. The van der Waals surface area contributed by atoms with Gasteiger partial charge in [0.15, 0.2) is 5.16 Å². The summed E-state index contributed by atoms with van der Waals surface area (Å²) in [7, 11) is 0. The van der Waals surface area contributed by atoms with Crippen molar-refractivity contribution in [2.45, 2.75) is 23.8 Å². The fourth-order valence-corrected chi connectivity index (χ4v) is 3.24. The number of rotatable bonds is 3. The maximum Gasteiger partial charge on any atom is 0.191 e. The third kappa shape index (κ3) is 2.81. The lowest BCUT2D eigenvalue weighted by molar-refractivity contribution is 0.943. The molecule has 0 amide bonds. The number of aromatic nitrogens is 3. The van der Waals surface area contributed by atoms with E-state index in [1.54, 1.807) is 0 Å². The van der Waals surface area contributed by atoms with Gasteiger partial charge < -0.3 is 11.1 Å². The summed E-state index contributed by atoms with van der Waals surface area (Å²) in [5, 5.41) is 4.37. The largest absolute Gasteiger partial charge is 0.384 e. The van der Waals surface area contributed by atoms with Crippen LogP contribution in [0.3, 0.4) is 0 Å². The lowest BCUT2D eigenvalue weighted by atomic mass is 10.1. The Labute approximate surface area is 126 Å². The second-order valence-corrected chi connectivity index (χ2v) is 6.30. The van der Waals surface area contributed by atoms with Crippen LogP contribution in [-0.4, -0.2) is 21.5 Å². The van der Waals surface area contributed by atoms with Crippen LogP contribution >= 0.6 is 23.4 Å². The molecule has 104 valence electrons. The number of thioether (sulfide) groups is 1. The molecule has 1 aliphatic rings. The summed E-state index contributed by atoms with van der Waals surface area (Å²) in [6.07, 6.45) is 2.94. The van der Waals surface area contributed by atoms with Crippen molar-refractivity contribution in [3.8, 4) is 0 Å². The number of hydrogen-bond acceptors (Lipinski definition) is 6. The fraction of sp³-hybridized carbons (Fsp3) is 0.308. The molecule has 0 radical (unpaired) electrons. The molecule has 5 nitrogen and oxygen atoms in total. The second-order valence-electron chi connectivity index (χ2n) is 4.60. The average molecular weight is 308 g/mol. The summed E-state index contributed by atoms with van der Waals surface area (Å²) in [6, 6.07) is 3.68. The van der Waals surface area contributed by atoms with Crippen LogP contribution in [0, 0.1) is 0 Å². The molecule has 1 unspecified atom stereocenters. The van der Waals surface area contributed by atoms with Crippen LogP contribution in [0.15, 0.2) is 23.5 Å². The monoisotopic (exact) mass is 307 g/mol. The number of halogens is 1. The van der Waals surface area contributed by atoms with Gasteiger partial charge in [-0.1, -0.05) is 23.4 Å². The minimum Gasteiger partial charge on any atom is -0.384 e. The van der Waals surface area contributed by atoms with Gasteiger partial charge in [-0.3, -0.25) is 4.98 Å². The molecule has 1 atom stereocenters. The quantitative estimate of drug-likeness (QED) is 0.516. The Morgan fingerprint density at radius 2 is 2.25 bits per heavy atom. The van der Waals surface area contributed by atoms with Gasteiger partial charge in [0.2, 0.25) is 0 Å². The molecule has 0 saturated heterocycles. The first-order chi connectivity index (χ1) is 9.61. The Morgan fingerprint density at radius 3 is 3.05 bits per heavy atom. The molecule has 1 aliphatic heterocycles. The molecule has 3 heterocycles. The molecule has 0 fully saturated rings. The second kappa shape index (κ2) is 5.46. The smallest absolute Gasteiger partial charge is 0.191 e. The van der Waals surface area contributed by atoms with E-state index in [0.717, 1.165) is 24.3 Å². The summed E-state index contributed by atoms with van der Waals surface area (Å²) in [6.45, 7) is 3.05. The maximum absolute atomic E-state index is 5.89. The topological polar surface area (TPSA) is 76.7 Å². The van der Waals surface area contributed by atoms with Crippen LogP contribution in [0.4, 0.5) is 11.5 Å². The lowest BCUT2D eigenvalue weighted by Gasteiger charge is -2.11. The molecule has 2 aromatic heterocycles. The minimum atomic E-state index is 0.138. The van der Waals surface area contributed by atoms with Gasteiger partial charge in [-0.25, -0.2) is 9.97 Å². The molecule has 20 heavy (non-hydrogen) atoms. The Morgan fingerprint density at radius 1 is 1.40 bits per heavy atom. The molecule has 3 N–H and O–H groups in total. The molecule has 0 bridgehead atoms. The van der Waals surface area contributed by atoms with E-state index >= 15 is 0 Å². The standard InChI is InChI=1S/C13H14ClN5S/c1-7(20-13-18-11(14)5-12(15)19-13)9-4-8-2-3-16-10(8)6-17-9/h4-7,16H,2-3H2,1H3,(H2,15,18,19). The third-order valence-electron chi connectivity index (χ3n) is 3.11. The van der Waals surface area contributed by atoms with Crippen molar-refractivity contribution in [2.75, 3.05) is 17.6 Å². The van der Waals surface area contributed by atoms with Crippen LogP contribution in [-0.2, 0) is 6.42 Å². The number of pyridine rings is 1. The summed E-state index contributed by atoms with van der Waals surface area (Å²) in [5.74, 6) is 0.380. The number of nitrogens with zero attached hydrogens (tertiary/aromatic N) is 3. The Hall–Kier alpha value is -1.53. The molecule has 7 heteroatoms. The highest BCUT2D eigenvalue weighted by Crippen LogP contribution is 2.34. The third-order valence-corrected chi connectivity index (χ3v) is 4.30. The SMILES string of the molecule is CC(Sc1nc(N)cc(Cl)n1)c1cc2c(cn1)NCC2. The van der Waals surface area contributed by atoms with Gasteiger partial charge in [0.05, 0.1) is 22.8 Å². The summed E-state index contributed by atoms with van der Waals surface area (Å²) in [4.78, 5) is 12.8. The fourth-order valence-electron chi connectivity index (χ4n) is 2.12. The van der Waals surface area contributed by atoms with E-state index in [1.807, 2.05) is 6.20 Å². The number of nitrogens with two attached hydrogens (primary N) is 1. The van der Waals surface area contributed by atoms with Crippen molar-refractivity contribution in [1.82, 2.24) is 15.0 Å². The van der Waals surface area contributed by atoms with Gasteiger partial charge in [-0.2, -0.15) is 0 Å². The highest BCUT2D eigenvalue weighted by Gasteiger charge is 2.16. The van der Waals surface area contributed by atoms with Gasteiger partial charge in [-0.05, 0) is 25.0 Å². The van der Waals surface area contributed by atoms with Crippen molar-refractivity contribution in [3.63, 3.8) is 0 Å². The molecule has 0 spiro atoms. The van der Waals surface area contributed by atoms with E-state index in [-0.39, 0.29) is 5.25 Å². The lowest BCUT2D eigenvalue weighted by Crippen LogP contribution is -1.99. The molecule has 0 aliphatic carbocycles. The first kappa shape index (κ1) is 13.5. The average Bonchev–Trinajstić information content (AvgIpc) is 2.84.